The Morgan fingerprint density at radius 3 is 2.62 bits per heavy atom. The van der Waals surface area contributed by atoms with Crippen LogP contribution in [0.5, 0.6) is 0 Å². The Morgan fingerprint density at radius 2 is 2.12 bits per heavy atom. The van der Waals surface area contributed by atoms with E-state index in [2.05, 4.69) is 0 Å². The van der Waals surface area contributed by atoms with Crippen molar-refractivity contribution in [3.63, 3.8) is 0 Å². The monoisotopic (exact) mass is 245 g/mol. The molecule has 0 radical (unpaired) electrons. The minimum Gasteiger partial charge on any atom is -0.480 e. The number of carbonyl (C=O) groups excluding carboxylic acids is 1. The van der Waals surface area contributed by atoms with Crippen LogP contribution in [0.1, 0.15) is 27.2 Å². The number of hydrogen-bond donors (Lipinski definition) is 1. The third kappa shape index (κ3) is 2.70. The summed E-state index contributed by atoms with van der Waals surface area (Å²) >= 11 is 1.60. The average molecular weight is 245 g/mol. The Hall–Kier alpha value is -0.710. The zero-order valence-electron chi connectivity index (χ0n) is 10.0. The van der Waals surface area contributed by atoms with E-state index in [1.54, 1.807) is 11.8 Å². The van der Waals surface area contributed by atoms with Crippen LogP contribution >= 0.6 is 11.8 Å². The molecule has 0 aromatic heterocycles. The highest BCUT2D eigenvalue weighted by atomic mass is 32.2. The standard InChI is InChI=1S/C11H19NO3S/c1-4-11(2,3)10(15)12-5-6-16-7-8(12)9(13)14/h8H,4-7H2,1-3H3,(H,13,14). The smallest absolute Gasteiger partial charge is 0.327 e. The van der Waals surface area contributed by atoms with E-state index >= 15 is 0 Å². The summed E-state index contributed by atoms with van der Waals surface area (Å²) in [6, 6.07) is -0.655. The molecule has 1 heterocycles. The summed E-state index contributed by atoms with van der Waals surface area (Å²) in [5.41, 5.74) is -0.463. The number of carbonyl (C=O) groups is 2. The lowest BCUT2D eigenvalue weighted by Crippen LogP contribution is -2.54. The van der Waals surface area contributed by atoms with E-state index in [4.69, 9.17) is 5.11 Å². The number of carboxylic acid groups (broad SMARTS) is 1. The summed E-state index contributed by atoms with van der Waals surface area (Å²) in [5.74, 6) is 0.395. The molecule has 0 spiro atoms. The fourth-order valence-electron chi connectivity index (χ4n) is 1.59. The molecule has 5 heteroatoms. The molecule has 1 atom stereocenters. The van der Waals surface area contributed by atoms with Crippen molar-refractivity contribution in [1.82, 2.24) is 4.90 Å². The van der Waals surface area contributed by atoms with Crippen molar-refractivity contribution < 1.29 is 14.7 Å². The topological polar surface area (TPSA) is 57.6 Å². The molecule has 1 amide bonds. The summed E-state index contributed by atoms with van der Waals surface area (Å²) in [7, 11) is 0. The van der Waals surface area contributed by atoms with E-state index in [-0.39, 0.29) is 5.91 Å². The van der Waals surface area contributed by atoms with Gasteiger partial charge >= 0.3 is 5.97 Å². The molecule has 1 saturated heterocycles. The number of hydrogen-bond acceptors (Lipinski definition) is 3. The number of thioether (sulfide) groups is 1. The molecule has 0 aliphatic carbocycles. The van der Waals surface area contributed by atoms with Gasteiger partial charge in [-0.3, -0.25) is 4.79 Å². The molecule has 0 aromatic carbocycles. The highest BCUT2D eigenvalue weighted by molar-refractivity contribution is 7.99. The largest absolute Gasteiger partial charge is 0.480 e. The van der Waals surface area contributed by atoms with Gasteiger partial charge in [0.25, 0.3) is 0 Å². The first kappa shape index (κ1) is 13.4. The molecule has 1 rings (SSSR count). The molecular formula is C11H19NO3S. The summed E-state index contributed by atoms with van der Waals surface area (Å²) in [6.45, 7) is 6.24. The maximum absolute atomic E-state index is 12.2. The third-order valence-electron chi connectivity index (χ3n) is 3.14. The number of rotatable bonds is 3. The molecule has 16 heavy (non-hydrogen) atoms. The van der Waals surface area contributed by atoms with E-state index in [9.17, 15) is 9.59 Å². The number of nitrogens with zero attached hydrogens (tertiary/aromatic N) is 1. The molecule has 0 saturated carbocycles. The summed E-state index contributed by atoms with van der Waals surface area (Å²) < 4.78 is 0. The minimum absolute atomic E-state index is 0.0392. The van der Waals surface area contributed by atoms with Crippen LogP contribution in [0, 0.1) is 5.41 Å². The van der Waals surface area contributed by atoms with E-state index < -0.39 is 17.4 Å². The van der Waals surface area contributed by atoms with Crippen LogP contribution < -0.4 is 0 Å². The normalized spacial score (nSPS) is 21.9. The molecule has 0 bridgehead atoms. The fraction of sp³-hybridized carbons (Fsp3) is 0.818. The second kappa shape index (κ2) is 5.08. The van der Waals surface area contributed by atoms with Crippen molar-refractivity contribution in [3.05, 3.63) is 0 Å². The third-order valence-corrected chi connectivity index (χ3v) is 4.16. The zero-order chi connectivity index (χ0) is 12.3. The van der Waals surface area contributed by atoms with E-state index in [1.807, 2.05) is 20.8 Å². The first-order valence-electron chi connectivity index (χ1n) is 5.51. The van der Waals surface area contributed by atoms with Gasteiger partial charge in [-0.25, -0.2) is 4.79 Å². The molecule has 1 aliphatic rings. The summed E-state index contributed by atoms with van der Waals surface area (Å²) in [5, 5.41) is 9.09. The highest BCUT2D eigenvalue weighted by Gasteiger charge is 2.38. The Kier molecular flexibility index (Phi) is 4.24. The molecule has 0 aromatic rings. The number of aliphatic carboxylic acids is 1. The van der Waals surface area contributed by atoms with Gasteiger partial charge < -0.3 is 10.0 Å². The Bertz CT molecular complexity index is 291. The molecule has 1 unspecified atom stereocenters. The Morgan fingerprint density at radius 1 is 1.50 bits per heavy atom. The fourth-order valence-corrected chi connectivity index (χ4v) is 2.63. The van der Waals surface area contributed by atoms with Crippen LogP contribution in [0.3, 0.4) is 0 Å². The zero-order valence-corrected chi connectivity index (χ0v) is 10.8. The van der Waals surface area contributed by atoms with Gasteiger partial charge in [0.05, 0.1) is 0 Å². The van der Waals surface area contributed by atoms with Crippen molar-refractivity contribution in [2.45, 2.75) is 33.2 Å². The van der Waals surface area contributed by atoms with Crippen LogP contribution in [0.15, 0.2) is 0 Å². The van der Waals surface area contributed by atoms with Gasteiger partial charge in [0.1, 0.15) is 6.04 Å². The maximum atomic E-state index is 12.2. The van der Waals surface area contributed by atoms with Crippen LogP contribution in [0.2, 0.25) is 0 Å². The van der Waals surface area contributed by atoms with Crippen molar-refractivity contribution in [1.29, 1.82) is 0 Å². The lowest BCUT2D eigenvalue weighted by Gasteiger charge is -2.37. The van der Waals surface area contributed by atoms with E-state index in [1.165, 1.54) is 4.90 Å². The van der Waals surface area contributed by atoms with Crippen LogP contribution in [-0.2, 0) is 9.59 Å². The average Bonchev–Trinajstić information content (AvgIpc) is 2.28. The van der Waals surface area contributed by atoms with E-state index in [0.29, 0.717) is 12.3 Å². The molecule has 1 aliphatic heterocycles. The predicted molar refractivity (Wildman–Crippen MR) is 64.5 cm³/mol. The molecule has 1 N–H and O–H groups in total. The SMILES string of the molecule is CCC(C)(C)C(=O)N1CCSCC1C(=O)O. The maximum Gasteiger partial charge on any atom is 0.327 e. The molecule has 4 nitrogen and oxygen atoms in total. The molecule has 92 valence electrons. The first-order valence-corrected chi connectivity index (χ1v) is 6.67. The summed E-state index contributed by atoms with van der Waals surface area (Å²) in [6.07, 6.45) is 0.724. The van der Waals surface area contributed by atoms with Gasteiger partial charge in [-0.2, -0.15) is 11.8 Å². The van der Waals surface area contributed by atoms with Crippen LogP contribution in [0.4, 0.5) is 0 Å². The first-order chi connectivity index (χ1) is 7.40. The molecule has 1 fully saturated rings. The summed E-state index contributed by atoms with van der Waals surface area (Å²) in [4.78, 5) is 24.8. The van der Waals surface area contributed by atoms with Crippen molar-refractivity contribution in [2.24, 2.45) is 5.41 Å². The van der Waals surface area contributed by atoms with Gasteiger partial charge in [0, 0.05) is 23.5 Å². The van der Waals surface area contributed by atoms with Crippen molar-refractivity contribution >= 4 is 23.6 Å². The highest BCUT2D eigenvalue weighted by Crippen LogP contribution is 2.27. The van der Waals surface area contributed by atoms with Crippen molar-refractivity contribution in [3.8, 4) is 0 Å². The lowest BCUT2D eigenvalue weighted by molar-refractivity contribution is -0.153. The molecular weight excluding hydrogens is 226 g/mol. The number of carboxylic acids is 1. The quantitative estimate of drug-likeness (QED) is 0.817. The second-order valence-electron chi connectivity index (χ2n) is 4.66. The van der Waals surface area contributed by atoms with Gasteiger partial charge in [-0.1, -0.05) is 20.8 Å². The van der Waals surface area contributed by atoms with Gasteiger partial charge in [0.2, 0.25) is 5.91 Å². The lowest BCUT2D eigenvalue weighted by atomic mass is 9.88. The van der Waals surface area contributed by atoms with Gasteiger partial charge in [-0.15, -0.1) is 0 Å². The van der Waals surface area contributed by atoms with Crippen LogP contribution in [0.25, 0.3) is 0 Å². The van der Waals surface area contributed by atoms with Crippen LogP contribution in [-0.4, -0.2) is 46.0 Å². The Labute approximate surface area is 100 Å². The van der Waals surface area contributed by atoms with Gasteiger partial charge in [0.15, 0.2) is 0 Å². The minimum atomic E-state index is -0.896. The second-order valence-corrected chi connectivity index (χ2v) is 5.81. The number of amides is 1. The predicted octanol–water partition coefficient (Wildman–Crippen LogP) is 1.45. The van der Waals surface area contributed by atoms with Crippen molar-refractivity contribution in [2.75, 3.05) is 18.1 Å². The van der Waals surface area contributed by atoms with Gasteiger partial charge in [-0.05, 0) is 6.42 Å². The Balaban J connectivity index is 2.83. The van der Waals surface area contributed by atoms with E-state index in [0.717, 1.165) is 12.2 Å².